The normalized spacial score (nSPS) is 11.6. The third-order valence-electron chi connectivity index (χ3n) is 3.02. The molecule has 0 atom stereocenters. The van der Waals surface area contributed by atoms with E-state index in [-0.39, 0.29) is 11.5 Å². The number of hydrogen-bond donors (Lipinski definition) is 2. The molecule has 0 fully saturated rings. The number of phenolic OH excluding ortho intramolecular Hbond substituents is 2. The van der Waals surface area contributed by atoms with Crippen molar-refractivity contribution in [2.24, 2.45) is 4.99 Å². The molecule has 3 heteroatoms. The van der Waals surface area contributed by atoms with Crippen LogP contribution in [0.1, 0.15) is 23.6 Å². The van der Waals surface area contributed by atoms with Crippen molar-refractivity contribution >= 4 is 5.71 Å². The molecule has 2 rings (SSSR count). The Labute approximate surface area is 112 Å². The van der Waals surface area contributed by atoms with Gasteiger partial charge >= 0.3 is 0 Å². The lowest BCUT2D eigenvalue weighted by molar-refractivity contribution is 0.468. The van der Waals surface area contributed by atoms with E-state index in [2.05, 4.69) is 4.99 Å². The number of benzene rings is 2. The summed E-state index contributed by atoms with van der Waals surface area (Å²) >= 11 is 0. The van der Waals surface area contributed by atoms with Crippen molar-refractivity contribution in [3.05, 3.63) is 59.2 Å². The molecule has 3 nitrogen and oxygen atoms in total. The molecule has 0 aliphatic heterocycles. The molecule has 0 bridgehead atoms. The van der Waals surface area contributed by atoms with Crippen LogP contribution in [0.3, 0.4) is 0 Å². The minimum absolute atomic E-state index is 0.235. The smallest absolute Gasteiger partial charge is 0.124 e. The molecular formula is C16H17NO2. The number of aryl methyl sites for hydroxylation is 1. The van der Waals surface area contributed by atoms with Gasteiger partial charge in [0.15, 0.2) is 0 Å². The fourth-order valence-corrected chi connectivity index (χ4v) is 1.88. The van der Waals surface area contributed by atoms with Crippen LogP contribution in [-0.4, -0.2) is 15.9 Å². The molecule has 98 valence electrons. The van der Waals surface area contributed by atoms with Gasteiger partial charge in [0, 0.05) is 16.8 Å². The molecule has 2 aromatic rings. The first kappa shape index (κ1) is 13.1. The van der Waals surface area contributed by atoms with Gasteiger partial charge in [0.05, 0.1) is 6.54 Å². The Kier molecular flexibility index (Phi) is 3.85. The quantitative estimate of drug-likeness (QED) is 0.826. The van der Waals surface area contributed by atoms with Gasteiger partial charge in [-0.25, -0.2) is 0 Å². The lowest BCUT2D eigenvalue weighted by Gasteiger charge is -2.06. The Morgan fingerprint density at radius 1 is 1.05 bits per heavy atom. The summed E-state index contributed by atoms with van der Waals surface area (Å²) in [7, 11) is 0. The maximum Gasteiger partial charge on any atom is 0.124 e. The predicted octanol–water partition coefficient (Wildman–Crippen LogP) is 3.42. The number of phenols is 2. The van der Waals surface area contributed by atoms with Crippen LogP contribution < -0.4 is 0 Å². The standard InChI is InChI=1S/C16H17NO2/c1-11-7-8-14(16(19)9-11)12(2)17-10-13-5-3-4-6-15(13)18/h3-9,18-19H,10H2,1-2H3. The van der Waals surface area contributed by atoms with E-state index in [1.807, 2.05) is 38.1 Å². The molecule has 0 radical (unpaired) electrons. The van der Waals surface area contributed by atoms with Crippen molar-refractivity contribution in [2.45, 2.75) is 20.4 Å². The first-order valence-corrected chi connectivity index (χ1v) is 6.16. The van der Waals surface area contributed by atoms with Crippen molar-refractivity contribution in [3.63, 3.8) is 0 Å². The summed E-state index contributed by atoms with van der Waals surface area (Å²) in [5.41, 5.74) is 3.25. The summed E-state index contributed by atoms with van der Waals surface area (Å²) in [5, 5.41) is 19.5. The molecule has 0 unspecified atom stereocenters. The largest absolute Gasteiger partial charge is 0.508 e. The summed E-state index contributed by atoms with van der Waals surface area (Å²) in [5.74, 6) is 0.478. The minimum atomic E-state index is 0.235. The second-order valence-corrected chi connectivity index (χ2v) is 4.55. The van der Waals surface area contributed by atoms with Gasteiger partial charge in [-0.05, 0) is 37.6 Å². The second-order valence-electron chi connectivity index (χ2n) is 4.55. The first-order chi connectivity index (χ1) is 9.08. The summed E-state index contributed by atoms with van der Waals surface area (Å²) in [6.45, 7) is 4.17. The average molecular weight is 255 g/mol. The van der Waals surface area contributed by atoms with E-state index in [9.17, 15) is 10.2 Å². The van der Waals surface area contributed by atoms with Crippen LogP contribution in [0.15, 0.2) is 47.5 Å². The molecular weight excluding hydrogens is 238 g/mol. The highest BCUT2D eigenvalue weighted by molar-refractivity contribution is 6.01. The van der Waals surface area contributed by atoms with Crippen LogP contribution in [0.2, 0.25) is 0 Å². The highest BCUT2D eigenvalue weighted by Gasteiger charge is 2.05. The third-order valence-corrected chi connectivity index (χ3v) is 3.02. The van der Waals surface area contributed by atoms with Gasteiger partial charge in [0.1, 0.15) is 11.5 Å². The van der Waals surface area contributed by atoms with Crippen molar-refractivity contribution in [3.8, 4) is 11.5 Å². The predicted molar refractivity (Wildman–Crippen MR) is 76.9 cm³/mol. The van der Waals surface area contributed by atoms with Crippen molar-refractivity contribution in [1.29, 1.82) is 0 Å². The monoisotopic (exact) mass is 255 g/mol. The molecule has 0 spiro atoms. The number of aromatic hydroxyl groups is 2. The fraction of sp³-hybridized carbons (Fsp3) is 0.188. The Morgan fingerprint density at radius 3 is 2.47 bits per heavy atom. The Morgan fingerprint density at radius 2 is 1.79 bits per heavy atom. The molecule has 2 aromatic carbocycles. The van der Waals surface area contributed by atoms with Crippen LogP contribution in [0.5, 0.6) is 11.5 Å². The highest BCUT2D eigenvalue weighted by Crippen LogP contribution is 2.21. The van der Waals surface area contributed by atoms with Crippen molar-refractivity contribution in [2.75, 3.05) is 0 Å². The van der Waals surface area contributed by atoms with E-state index in [4.69, 9.17) is 0 Å². The summed E-state index contributed by atoms with van der Waals surface area (Å²) in [6.07, 6.45) is 0. The van der Waals surface area contributed by atoms with Gasteiger partial charge in [-0.2, -0.15) is 0 Å². The summed E-state index contributed by atoms with van der Waals surface area (Å²) in [6, 6.07) is 12.6. The van der Waals surface area contributed by atoms with E-state index >= 15 is 0 Å². The van der Waals surface area contributed by atoms with Gasteiger partial charge in [-0.1, -0.05) is 24.3 Å². The molecule has 2 N–H and O–H groups in total. The van der Waals surface area contributed by atoms with Gasteiger partial charge < -0.3 is 10.2 Å². The van der Waals surface area contributed by atoms with Crippen LogP contribution in [0.25, 0.3) is 0 Å². The van der Waals surface area contributed by atoms with Gasteiger partial charge in [-0.3, -0.25) is 4.99 Å². The molecule has 0 aliphatic rings. The Hall–Kier alpha value is -2.29. The second kappa shape index (κ2) is 5.57. The SMILES string of the molecule is CC(=NCc1ccccc1O)c1ccc(C)cc1O. The van der Waals surface area contributed by atoms with E-state index in [0.717, 1.165) is 22.4 Å². The molecule has 19 heavy (non-hydrogen) atoms. The third kappa shape index (κ3) is 3.13. The van der Waals surface area contributed by atoms with E-state index < -0.39 is 0 Å². The van der Waals surface area contributed by atoms with E-state index in [1.54, 1.807) is 18.2 Å². The maximum atomic E-state index is 9.88. The molecule has 0 heterocycles. The first-order valence-electron chi connectivity index (χ1n) is 6.16. The zero-order chi connectivity index (χ0) is 13.8. The van der Waals surface area contributed by atoms with Gasteiger partial charge in [0.2, 0.25) is 0 Å². The van der Waals surface area contributed by atoms with Crippen LogP contribution in [-0.2, 0) is 6.54 Å². The lowest BCUT2D eigenvalue weighted by Crippen LogP contribution is -1.97. The molecule has 0 aromatic heterocycles. The number of rotatable bonds is 3. The molecule has 0 aliphatic carbocycles. The van der Waals surface area contributed by atoms with Gasteiger partial charge in [-0.15, -0.1) is 0 Å². The summed E-state index contributed by atoms with van der Waals surface area (Å²) in [4.78, 5) is 4.41. The summed E-state index contributed by atoms with van der Waals surface area (Å²) < 4.78 is 0. The topological polar surface area (TPSA) is 52.8 Å². The van der Waals surface area contributed by atoms with Crippen molar-refractivity contribution in [1.82, 2.24) is 0 Å². The highest BCUT2D eigenvalue weighted by atomic mass is 16.3. The zero-order valence-electron chi connectivity index (χ0n) is 11.1. The van der Waals surface area contributed by atoms with E-state index in [1.165, 1.54) is 0 Å². The number of hydrogen-bond acceptors (Lipinski definition) is 3. The Balaban J connectivity index is 2.22. The maximum absolute atomic E-state index is 9.88. The molecule has 0 amide bonds. The van der Waals surface area contributed by atoms with E-state index in [0.29, 0.717) is 6.54 Å². The number of para-hydroxylation sites is 1. The lowest BCUT2D eigenvalue weighted by atomic mass is 10.1. The van der Waals surface area contributed by atoms with Gasteiger partial charge in [0.25, 0.3) is 0 Å². The minimum Gasteiger partial charge on any atom is -0.508 e. The zero-order valence-corrected chi connectivity index (χ0v) is 11.1. The number of nitrogens with zero attached hydrogens (tertiary/aromatic N) is 1. The molecule has 0 saturated carbocycles. The molecule has 0 saturated heterocycles. The van der Waals surface area contributed by atoms with Crippen molar-refractivity contribution < 1.29 is 10.2 Å². The van der Waals surface area contributed by atoms with Crippen LogP contribution in [0.4, 0.5) is 0 Å². The fourth-order valence-electron chi connectivity index (χ4n) is 1.88. The Bertz CT molecular complexity index is 618. The average Bonchev–Trinajstić information content (AvgIpc) is 2.37. The number of aliphatic imine (C=N–C) groups is 1. The van der Waals surface area contributed by atoms with Crippen LogP contribution in [0, 0.1) is 6.92 Å². The van der Waals surface area contributed by atoms with Crippen LogP contribution >= 0.6 is 0 Å².